The van der Waals surface area contributed by atoms with E-state index >= 15 is 0 Å². The fourth-order valence-corrected chi connectivity index (χ4v) is 2.66. The Bertz CT molecular complexity index is 679. The average molecular weight is 284 g/mol. The molecular weight excluding hydrogens is 268 g/mol. The number of hydrogen-bond acceptors (Lipinski definition) is 2. The first-order valence-corrected chi connectivity index (χ1v) is 7.15. The van der Waals surface area contributed by atoms with Crippen molar-refractivity contribution in [3.8, 4) is 0 Å². The van der Waals surface area contributed by atoms with Crippen LogP contribution in [0.15, 0.2) is 42.5 Å². The first-order valence-electron chi connectivity index (χ1n) is 6.74. The second kappa shape index (κ2) is 5.21. The van der Waals surface area contributed by atoms with Gasteiger partial charge in [0.05, 0.1) is 11.0 Å². The van der Waals surface area contributed by atoms with E-state index in [1.54, 1.807) is 0 Å². The van der Waals surface area contributed by atoms with Gasteiger partial charge in [-0.15, -0.1) is 0 Å². The maximum absolute atomic E-state index is 12.3. The van der Waals surface area contributed by atoms with Gasteiger partial charge < -0.3 is 11.1 Å². The van der Waals surface area contributed by atoms with Gasteiger partial charge in [0.15, 0.2) is 0 Å². The molecule has 0 aliphatic heterocycles. The molecule has 1 saturated carbocycles. The molecule has 0 aromatic heterocycles. The Morgan fingerprint density at radius 2 is 1.90 bits per heavy atom. The molecule has 0 heterocycles. The molecule has 20 heavy (non-hydrogen) atoms. The zero-order valence-corrected chi connectivity index (χ0v) is 11.8. The SMILES string of the molecule is NC(=S)C(NC(=O)c1ccc2ccccc2c1)C1CC1. The molecular formula is C16H16N2OS. The van der Waals surface area contributed by atoms with Gasteiger partial charge in [0.1, 0.15) is 0 Å². The van der Waals surface area contributed by atoms with Crippen molar-refractivity contribution in [1.29, 1.82) is 0 Å². The minimum atomic E-state index is -0.177. The van der Waals surface area contributed by atoms with Crippen LogP contribution in [0.4, 0.5) is 0 Å². The third-order valence-electron chi connectivity index (χ3n) is 3.70. The summed E-state index contributed by atoms with van der Waals surface area (Å²) in [5.74, 6) is 0.303. The predicted molar refractivity (Wildman–Crippen MR) is 84.7 cm³/mol. The lowest BCUT2D eigenvalue weighted by atomic mass is 10.1. The standard InChI is InChI=1S/C16H16N2OS/c17-15(20)14(11-6-7-11)18-16(19)13-8-5-10-3-1-2-4-12(10)9-13/h1-5,8-9,11,14H,6-7H2,(H2,17,20)(H,18,19). The molecule has 102 valence electrons. The summed E-state index contributed by atoms with van der Waals surface area (Å²) in [5, 5.41) is 5.13. The third kappa shape index (κ3) is 2.65. The van der Waals surface area contributed by atoms with Gasteiger partial charge in [0, 0.05) is 5.56 Å². The van der Waals surface area contributed by atoms with Gasteiger partial charge in [-0.3, -0.25) is 4.79 Å². The van der Waals surface area contributed by atoms with Crippen molar-refractivity contribution < 1.29 is 4.79 Å². The third-order valence-corrected chi connectivity index (χ3v) is 3.95. The first-order chi connectivity index (χ1) is 9.65. The Labute approximate surface area is 123 Å². The Hall–Kier alpha value is -1.94. The fraction of sp³-hybridized carbons (Fsp3) is 0.250. The van der Waals surface area contributed by atoms with E-state index in [9.17, 15) is 4.79 Å². The number of carbonyl (C=O) groups is 1. The van der Waals surface area contributed by atoms with Crippen molar-refractivity contribution in [2.24, 2.45) is 11.7 Å². The summed E-state index contributed by atoms with van der Waals surface area (Å²) in [6, 6.07) is 13.5. The lowest BCUT2D eigenvalue weighted by Gasteiger charge is -2.16. The van der Waals surface area contributed by atoms with Crippen molar-refractivity contribution in [2.75, 3.05) is 0 Å². The number of nitrogens with one attached hydrogen (secondary N) is 1. The second-order valence-corrected chi connectivity index (χ2v) is 5.72. The van der Waals surface area contributed by atoms with E-state index in [0.29, 0.717) is 16.5 Å². The highest BCUT2D eigenvalue weighted by atomic mass is 32.1. The van der Waals surface area contributed by atoms with E-state index in [-0.39, 0.29) is 11.9 Å². The minimum absolute atomic E-state index is 0.111. The Kier molecular flexibility index (Phi) is 3.40. The molecule has 1 fully saturated rings. The molecule has 0 radical (unpaired) electrons. The van der Waals surface area contributed by atoms with Crippen LogP contribution in [0, 0.1) is 5.92 Å². The number of amides is 1. The number of carbonyl (C=O) groups excluding carboxylic acids is 1. The van der Waals surface area contributed by atoms with Crippen molar-refractivity contribution in [3.05, 3.63) is 48.0 Å². The van der Waals surface area contributed by atoms with Gasteiger partial charge in [0.25, 0.3) is 5.91 Å². The molecule has 1 unspecified atom stereocenters. The summed E-state index contributed by atoms with van der Waals surface area (Å²) in [6.07, 6.45) is 2.17. The van der Waals surface area contributed by atoms with Gasteiger partial charge in [-0.1, -0.05) is 42.5 Å². The molecule has 1 amide bonds. The summed E-state index contributed by atoms with van der Waals surface area (Å²) in [5.41, 5.74) is 6.36. The molecule has 4 heteroatoms. The van der Waals surface area contributed by atoms with Crippen molar-refractivity contribution >= 4 is 33.9 Å². The highest BCUT2D eigenvalue weighted by Crippen LogP contribution is 2.33. The normalized spacial score (nSPS) is 15.8. The summed E-state index contributed by atoms with van der Waals surface area (Å²) >= 11 is 5.04. The smallest absolute Gasteiger partial charge is 0.251 e. The second-order valence-electron chi connectivity index (χ2n) is 5.25. The van der Waals surface area contributed by atoms with Crippen LogP contribution in [-0.2, 0) is 0 Å². The highest BCUT2D eigenvalue weighted by Gasteiger charge is 2.34. The van der Waals surface area contributed by atoms with Gasteiger partial charge in [0.2, 0.25) is 0 Å². The summed E-state index contributed by atoms with van der Waals surface area (Å²) in [4.78, 5) is 12.7. The van der Waals surface area contributed by atoms with Crippen LogP contribution in [0.5, 0.6) is 0 Å². The zero-order chi connectivity index (χ0) is 14.1. The molecule has 0 bridgehead atoms. The quantitative estimate of drug-likeness (QED) is 0.849. The summed E-state index contributed by atoms with van der Waals surface area (Å²) in [7, 11) is 0. The maximum Gasteiger partial charge on any atom is 0.251 e. The average Bonchev–Trinajstić information content (AvgIpc) is 3.28. The zero-order valence-electron chi connectivity index (χ0n) is 11.0. The Morgan fingerprint density at radius 3 is 2.55 bits per heavy atom. The van der Waals surface area contributed by atoms with E-state index in [4.69, 9.17) is 18.0 Å². The molecule has 1 aliphatic rings. The van der Waals surface area contributed by atoms with Crippen LogP contribution in [0.25, 0.3) is 10.8 Å². The molecule has 1 aliphatic carbocycles. The molecule has 2 aromatic rings. The topological polar surface area (TPSA) is 55.1 Å². The lowest BCUT2D eigenvalue weighted by molar-refractivity contribution is 0.0944. The van der Waals surface area contributed by atoms with E-state index in [2.05, 4.69) is 5.32 Å². The fourth-order valence-electron chi connectivity index (χ4n) is 2.41. The number of hydrogen-bond donors (Lipinski definition) is 2. The number of nitrogens with two attached hydrogens (primary N) is 1. The van der Waals surface area contributed by atoms with E-state index < -0.39 is 0 Å². The summed E-state index contributed by atoms with van der Waals surface area (Å²) in [6.45, 7) is 0. The van der Waals surface area contributed by atoms with Gasteiger partial charge in [-0.05, 0) is 41.7 Å². The van der Waals surface area contributed by atoms with Crippen molar-refractivity contribution in [2.45, 2.75) is 18.9 Å². The van der Waals surface area contributed by atoms with Crippen LogP contribution in [0.1, 0.15) is 23.2 Å². The van der Waals surface area contributed by atoms with Crippen LogP contribution in [0.2, 0.25) is 0 Å². The highest BCUT2D eigenvalue weighted by molar-refractivity contribution is 7.80. The van der Waals surface area contributed by atoms with Crippen LogP contribution in [0.3, 0.4) is 0 Å². The van der Waals surface area contributed by atoms with E-state index in [0.717, 1.165) is 23.6 Å². The van der Waals surface area contributed by atoms with Crippen molar-refractivity contribution in [1.82, 2.24) is 5.32 Å². The Morgan fingerprint density at radius 1 is 1.20 bits per heavy atom. The summed E-state index contributed by atoms with van der Waals surface area (Å²) < 4.78 is 0. The largest absolute Gasteiger partial charge is 0.392 e. The van der Waals surface area contributed by atoms with E-state index in [1.165, 1.54) is 0 Å². The molecule has 2 aromatic carbocycles. The Balaban J connectivity index is 1.82. The number of benzene rings is 2. The van der Waals surface area contributed by atoms with Crippen LogP contribution in [-0.4, -0.2) is 16.9 Å². The lowest BCUT2D eigenvalue weighted by Crippen LogP contribution is -2.45. The van der Waals surface area contributed by atoms with Gasteiger partial charge >= 0.3 is 0 Å². The van der Waals surface area contributed by atoms with Crippen LogP contribution >= 0.6 is 12.2 Å². The molecule has 3 N–H and O–H groups in total. The monoisotopic (exact) mass is 284 g/mol. The minimum Gasteiger partial charge on any atom is -0.392 e. The van der Waals surface area contributed by atoms with Crippen LogP contribution < -0.4 is 11.1 Å². The first kappa shape index (κ1) is 13.1. The predicted octanol–water partition coefficient (Wildman–Crippen LogP) is 2.63. The van der Waals surface area contributed by atoms with Crippen molar-refractivity contribution in [3.63, 3.8) is 0 Å². The van der Waals surface area contributed by atoms with Gasteiger partial charge in [-0.2, -0.15) is 0 Å². The van der Waals surface area contributed by atoms with E-state index in [1.807, 2.05) is 42.5 Å². The number of thiocarbonyl (C=S) groups is 1. The molecule has 3 rings (SSSR count). The number of rotatable bonds is 4. The van der Waals surface area contributed by atoms with Gasteiger partial charge in [-0.25, -0.2) is 0 Å². The molecule has 3 nitrogen and oxygen atoms in total. The number of fused-ring (bicyclic) bond motifs is 1. The molecule has 0 saturated heterocycles. The molecule has 0 spiro atoms. The molecule has 1 atom stereocenters. The maximum atomic E-state index is 12.3.